The molecule has 0 aliphatic carbocycles. The van der Waals surface area contributed by atoms with Gasteiger partial charge < -0.3 is 9.64 Å². The summed E-state index contributed by atoms with van der Waals surface area (Å²) in [5.41, 5.74) is -4.56. The van der Waals surface area contributed by atoms with Crippen molar-refractivity contribution in [3.05, 3.63) is 22.7 Å². The van der Waals surface area contributed by atoms with Gasteiger partial charge in [-0.3, -0.25) is 4.72 Å². The fourth-order valence-electron chi connectivity index (χ4n) is 3.55. The molecule has 2 atom stereocenters. The number of aryl methyl sites for hydroxylation is 1. The summed E-state index contributed by atoms with van der Waals surface area (Å²) < 4.78 is 69.9. The van der Waals surface area contributed by atoms with E-state index in [1.807, 2.05) is 25.7 Å². The largest absolute Gasteiger partial charge is 0.516 e. The lowest BCUT2D eigenvalue weighted by molar-refractivity contribution is -0.0429. The van der Waals surface area contributed by atoms with Crippen molar-refractivity contribution in [2.24, 2.45) is 10.2 Å². The van der Waals surface area contributed by atoms with E-state index >= 15 is 0 Å². The van der Waals surface area contributed by atoms with Gasteiger partial charge in [0.2, 0.25) is 5.01 Å². The second-order valence-electron chi connectivity index (χ2n) is 8.34. The van der Waals surface area contributed by atoms with E-state index in [1.165, 1.54) is 12.1 Å². The molecule has 1 N–H and O–H groups in total. The molecule has 3 rings (SSSR count). The zero-order valence-electron chi connectivity index (χ0n) is 20.2. The number of sulfonamides is 1. The van der Waals surface area contributed by atoms with Gasteiger partial charge in [-0.1, -0.05) is 25.2 Å². The van der Waals surface area contributed by atoms with Gasteiger partial charge in [0.1, 0.15) is 5.69 Å². The van der Waals surface area contributed by atoms with E-state index < -0.39 is 21.5 Å². The van der Waals surface area contributed by atoms with Crippen LogP contribution < -0.4 is 9.62 Å². The van der Waals surface area contributed by atoms with Crippen molar-refractivity contribution in [1.29, 1.82) is 0 Å². The molecule has 198 valence electrons. The normalized spacial score (nSPS) is 17.2. The van der Waals surface area contributed by atoms with Gasteiger partial charge in [0, 0.05) is 18.3 Å². The van der Waals surface area contributed by atoms with Gasteiger partial charge in [0.15, 0.2) is 0 Å². The highest BCUT2D eigenvalue weighted by Gasteiger charge is 2.46. The second kappa shape index (κ2) is 11.1. The Morgan fingerprint density at radius 1 is 1.31 bits per heavy atom. The fourth-order valence-corrected chi connectivity index (χ4v) is 4.66. The zero-order valence-corrected chi connectivity index (χ0v) is 21.8. The number of carbonyl (C=O) groups excluding carboxylic acids is 1. The van der Waals surface area contributed by atoms with Gasteiger partial charge in [-0.2, -0.15) is 21.6 Å². The maximum atomic E-state index is 13.1. The average Bonchev–Trinajstić information content (AvgIpc) is 3.28. The predicted molar refractivity (Wildman–Crippen MR) is 130 cm³/mol. The number of rotatable bonds is 9. The third kappa shape index (κ3) is 6.30. The van der Waals surface area contributed by atoms with Crippen LogP contribution in [-0.4, -0.2) is 48.8 Å². The smallest absolute Gasteiger partial charge is 0.457 e. The Hall–Kier alpha value is -2.81. The molecule has 0 amide bonds. The molecule has 2 aromatic rings. The van der Waals surface area contributed by atoms with Crippen LogP contribution in [0.5, 0.6) is 0 Å². The molecule has 1 aliphatic heterocycles. The number of esters is 1. The quantitative estimate of drug-likeness (QED) is 0.314. The Morgan fingerprint density at radius 2 is 2.03 bits per heavy atom. The number of carbonyl (C=O) groups is 1. The lowest BCUT2D eigenvalue weighted by Gasteiger charge is -2.37. The molecule has 10 nitrogen and oxygen atoms in total. The summed E-state index contributed by atoms with van der Waals surface area (Å²) in [5.74, 6) is -0.680. The van der Waals surface area contributed by atoms with E-state index in [0.717, 1.165) is 29.7 Å². The summed E-state index contributed by atoms with van der Waals surface area (Å²) >= 11 is 0.788. The first-order chi connectivity index (χ1) is 16.9. The maximum absolute atomic E-state index is 13.1. The fraction of sp³-hybridized carbons (Fsp3) is 0.571. The summed E-state index contributed by atoms with van der Waals surface area (Å²) in [6.07, 6.45) is 2.54. The number of benzene rings is 1. The molecule has 2 heterocycles. The summed E-state index contributed by atoms with van der Waals surface area (Å²) in [6.45, 7) is 8.21. The van der Waals surface area contributed by atoms with Crippen LogP contribution in [0.15, 0.2) is 22.4 Å². The monoisotopic (exact) mass is 548 g/mol. The highest BCUT2D eigenvalue weighted by molar-refractivity contribution is 7.93. The average molecular weight is 549 g/mol. The Morgan fingerprint density at radius 3 is 2.67 bits per heavy atom. The first-order valence-corrected chi connectivity index (χ1v) is 13.6. The Kier molecular flexibility index (Phi) is 8.54. The van der Waals surface area contributed by atoms with Crippen molar-refractivity contribution in [2.45, 2.75) is 71.0 Å². The van der Waals surface area contributed by atoms with Crippen LogP contribution in [0.1, 0.15) is 62.3 Å². The minimum absolute atomic E-state index is 0.0466. The van der Waals surface area contributed by atoms with Crippen LogP contribution >= 0.6 is 11.3 Å². The van der Waals surface area contributed by atoms with E-state index in [2.05, 4.69) is 20.4 Å². The number of fused-ring (bicyclic) bond motifs is 1. The summed E-state index contributed by atoms with van der Waals surface area (Å²) in [6, 6.07) is 3.00. The summed E-state index contributed by atoms with van der Waals surface area (Å²) in [4.78, 5) is 14.1. The Labute approximate surface area is 211 Å². The molecular weight excluding hydrogens is 521 g/mol. The van der Waals surface area contributed by atoms with Crippen molar-refractivity contribution >= 4 is 49.5 Å². The van der Waals surface area contributed by atoms with Gasteiger partial charge in [-0.25, -0.2) is 4.79 Å². The molecule has 0 radical (unpaired) electrons. The van der Waals surface area contributed by atoms with Gasteiger partial charge in [-0.05, 0) is 57.2 Å². The minimum atomic E-state index is -5.70. The van der Waals surface area contributed by atoms with Crippen molar-refractivity contribution in [3.8, 4) is 0 Å². The molecule has 0 fully saturated rings. The molecule has 0 spiro atoms. The molecule has 15 heteroatoms. The van der Waals surface area contributed by atoms with Crippen LogP contribution in [0.4, 0.5) is 35.4 Å². The first-order valence-electron chi connectivity index (χ1n) is 11.3. The lowest BCUT2D eigenvalue weighted by atomic mass is 9.95. The van der Waals surface area contributed by atoms with Crippen molar-refractivity contribution in [1.82, 2.24) is 10.2 Å². The van der Waals surface area contributed by atoms with Gasteiger partial charge in [0.25, 0.3) is 5.13 Å². The summed E-state index contributed by atoms with van der Waals surface area (Å²) in [7, 11) is -5.70. The van der Waals surface area contributed by atoms with Gasteiger partial charge >= 0.3 is 21.5 Å². The molecule has 1 aliphatic rings. The van der Waals surface area contributed by atoms with E-state index in [9.17, 15) is 26.4 Å². The van der Waals surface area contributed by atoms with Gasteiger partial charge in [-0.15, -0.1) is 20.4 Å². The van der Waals surface area contributed by atoms with Gasteiger partial charge in [0.05, 0.1) is 11.8 Å². The topological polar surface area (TPSA) is 126 Å². The number of nitrogens with zero attached hydrogens (tertiary/aromatic N) is 5. The number of aromatic nitrogens is 2. The predicted octanol–water partition coefficient (Wildman–Crippen LogP) is 5.72. The van der Waals surface area contributed by atoms with Crippen LogP contribution in [-0.2, 0) is 21.2 Å². The lowest BCUT2D eigenvalue weighted by Crippen LogP contribution is -2.38. The third-order valence-electron chi connectivity index (χ3n) is 5.60. The van der Waals surface area contributed by atoms with E-state index in [4.69, 9.17) is 4.74 Å². The number of halogens is 3. The van der Waals surface area contributed by atoms with Crippen molar-refractivity contribution in [3.63, 3.8) is 0 Å². The van der Waals surface area contributed by atoms with Crippen LogP contribution in [0.25, 0.3) is 0 Å². The molecule has 0 bridgehead atoms. The SMILES string of the molecule is CCCN1c2cc(NS(=O)(=O)C(F)(F)F)c(N=Nc3nnc(C(=O)OC(C)CC)s3)cc2CCC1C. The Bertz CT molecular complexity index is 1230. The molecule has 0 saturated heterocycles. The number of azo groups is 1. The third-order valence-corrected chi connectivity index (χ3v) is 7.48. The highest BCUT2D eigenvalue weighted by atomic mass is 32.2. The minimum Gasteiger partial charge on any atom is -0.457 e. The number of ether oxygens (including phenoxy) is 1. The standard InChI is InChI=1S/C21H27F3N6O4S2/c1-5-9-30-12(3)7-8-14-10-15(16(11-17(14)30)29-36(32,33)21(22,23)24)25-27-20-28-26-18(35-20)19(31)34-13(4)6-2/h10-13,29H,5-9H2,1-4H3. The first kappa shape index (κ1) is 27.8. The number of hydrogen-bond donors (Lipinski definition) is 1. The highest BCUT2D eigenvalue weighted by Crippen LogP contribution is 2.41. The van der Waals surface area contributed by atoms with E-state index in [-0.39, 0.29) is 33.7 Å². The van der Waals surface area contributed by atoms with Crippen LogP contribution in [0.2, 0.25) is 0 Å². The van der Waals surface area contributed by atoms with Crippen molar-refractivity contribution < 1.29 is 31.1 Å². The molecular formula is C21H27F3N6O4S2. The van der Waals surface area contributed by atoms with E-state index in [0.29, 0.717) is 25.1 Å². The maximum Gasteiger partial charge on any atom is 0.516 e. The van der Waals surface area contributed by atoms with Crippen LogP contribution in [0, 0.1) is 0 Å². The molecule has 0 saturated carbocycles. The second-order valence-corrected chi connectivity index (χ2v) is 11.0. The van der Waals surface area contributed by atoms with E-state index in [1.54, 1.807) is 11.6 Å². The molecule has 1 aromatic carbocycles. The summed E-state index contributed by atoms with van der Waals surface area (Å²) in [5, 5.41) is 15.2. The molecule has 2 unspecified atom stereocenters. The number of anilines is 2. The number of hydrogen-bond acceptors (Lipinski definition) is 10. The van der Waals surface area contributed by atoms with Crippen LogP contribution in [0.3, 0.4) is 0 Å². The zero-order chi connectivity index (χ0) is 26.7. The Balaban J connectivity index is 1.99. The number of alkyl halides is 3. The number of nitrogens with one attached hydrogen (secondary N) is 1. The van der Waals surface area contributed by atoms with Crippen molar-refractivity contribution in [2.75, 3.05) is 16.2 Å². The molecule has 1 aromatic heterocycles. The molecule has 36 heavy (non-hydrogen) atoms.